The summed E-state index contributed by atoms with van der Waals surface area (Å²) in [5.41, 5.74) is 6.65. The van der Waals surface area contributed by atoms with E-state index < -0.39 is 0 Å². The van der Waals surface area contributed by atoms with Crippen LogP contribution in [0.3, 0.4) is 0 Å². The molecule has 0 aliphatic rings. The quantitative estimate of drug-likeness (QED) is 0.183. The van der Waals surface area contributed by atoms with Gasteiger partial charge >= 0.3 is 19.5 Å². The molecule has 0 saturated heterocycles. The molecule has 0 aliphatic heterocycles. The molecule has 0 unspecified atom stereocenters. The molecule has 0 fully saturated rings. The number of carbonyl (C=O) groups is 2. The van der Waals surface area contributed by atoms with Crippen LogP contribution in [-0.2, 0) is 19.5 Å². The summed E-state index contributed by atoms with van der Waals surface area (Å²) in [5.74, 6) is -0.319. The molecular formula is C38H32N12O2Ru+2. The topological polar surface area (TPSA) is 173 Å². The van der Waals surface area contributed by atoms with Crippen LogP contribution in [0.2, 0.25) is 0 Å². The predicted molar refractivity (Wildman–Crippen MR) is 194 cm³/mol. The summed E-state index contributed by atoms with van der Waals surface area (Å²) in [4.78, 5) is 46.5. The van der Waals surface area contributed by atoms with Gasteiger partial charge in [-0.3, -0.25) is 39.5 Å². The Morgan fingerprint density at radius 1 is 0.434 bits per heavy atom. The second-order valence-corrected chi connectivity index (χ2v) is 10.5. The number of hydrogen-bond acceptors (Lipinski definition) is 12. The first-order valence-corrected chi connectivity index (χ1v) is 15.8. The third-order valence-corrected chi connectivity index (χ3v) is 6.73. The zero-order valence-electron chi connectivity index (χ0n) is 28.5. The van der Waals surface area contributed by atoms with Crippen molar-refractivity contribution in [2.45, 2.75) is 13.8 Å². The molecule has 15 heteroatoms. The van der Waals surface area contributed by atoms with E-state index in [0.29, 0.717) is 11.4 Å². The van der Waals surface area contributed by atoms with Crippen LogP contribution in [0.1, 0.15) is 23.4 Å². The number of rotatable bonds is 4. The van der Waals surface area contributed by atoms with E-state index in [4.69, 9.17) is 0 Å². The molecule has 0 saturated carbocycles. The fraction of sp³-hybridized carbons (Fsp3) is 0.0526. The molecule has 0 aromatic carbocycles. The van der Waals surface area contributed by atoms with Crippen LogP contribution in [0, 0.1) is 0 Å². The summed E-state index contributed by atoms with van der Waals surface area (Å²) in [5, 5.41) is 15.1. The Balaban J connectivity index is 0.000000157. The van der Waals surface area contributed by atoms with Gasteiger partial charge in [0.2, 0.25) is 11.8 Å². The van der Waals surface area contributed by atoms with Crippen LogP contribution in [0.25, 0.3) is 45.3 Å². The van der Waals surface area contributed by atoms with Crippen molar-refractivity contribution in [3.8, 4) is 45.3 Å². The van der Waals surface area contributed by atoms with Crippen molar-refractivity contribution >= 4 is 11.8 Å². The van der Waals surface area contributed by atoms with Crippen molar-refractivity contribution in [1.82, 2.24) is 59.9 Å². The zero-order valence-corrected chi connectivity index (χ0v) is 30.3. The number of hydrogen-bond donors (Lipinski definition) is 0. The Hall–Kier alpha value is -6.86. The molecule has 0 aliphatic carbocycles. The van der Waals surface area contributed by atoms with Gasteiger partial charge in [-0.1, -0.05) is 34.7 Å². The molecule has 262 valence electrons. The Morgan fingerprint density at radius 3 is 1.00 bits per heavy atom. The van der Waals surface area contributed by atoms with Gasteiger partial charge in [-0.15, -0.1) is 10.2 Å². The van der Waals surface area contributed by atoms with Crippen molar-refractivity contribution < 1.29 is 29.1 Å². The van der Waals surface area contributed by atoms with Crippen LogP contribution in [0.4, 0.5) is 0 Å². The van der Waals surface area contributed by atoms with Crippen LogP contribution >= 0.6 is 0 Å². The van der Waals surface area contributed by atoms with Crippen molar-refractivity contribution in [2.75, 3.05) is 0 Å². The van der Waals surface area contributed by atoms with E-state index in [9.17, 15) is 9.59 Å². The first-order chi connectivity index (χ1) is 25.5. The van der Waals surface area contributed by atoms with Crippen molar-refractivity contribution in [2.24, 2.45) is 0 Å². The fourth-order valence-corrected chi connectivity index (χ4v) is 4.19. The smallest absolute Gasteiger partial charge is 0.273 e. The van der Waals surface area contributed by atoms with E-state index in [1.165, 1.54) is 23.2 Å². The molecule has 0 amide bonds. The van der Waals surface area contributed by atoms with E-state index in [1.807, 2.05) is 97.1 Å². The minimum absolute atomic E-state index is 0. The molecule has 0 atom stereocenters. The summed E-state index contributed by atoms with van der Waals surface area (Å²) < 4.78 is 2.39. The van der Waals surface area contributed by atoms with Crippen LogP contribution in [-0.4, -0.2) is 71.7 Å². The van der Waals surface area contributed by atoms with E-state index >= 15 is 0 Å². The van der Waals surface area contributed by atoms with Gasteiger partial charge < -0.3 is 0 Å². The molecule has 53 heavy (non-hydrogen) atoms. The number of carbonyl (C=O) groups excluding carboxylic acids is 2. The van der Waals surface area contributed by atoms with Crippen molar-refractivity contribution in [3.05, 3.63) is 159 Å². The van der Waals surface area contributed by atoms with E-state index in [1.54, 1.807) is 62.0 Å². The first-order valence-electron chi connectivity index (χ1n) is 15.8. The van der Waals surface area contributed by atoms with Crippen molar-refractivity contribution in [3.63, 3.8) is 0 Å². The molecule has 14 nitrogen and oxygen atoms in total. The van der Waals surface area contributed by atoms with Gasteiger partial charge in [0.05, 0.1) is 35.2 Å². The zero-order chi connectivity index (χ0) is 36.4. The molecule has 8 heterocycles. The summed E-state index contributed by atoms with van der Waals surface area (Å²) in [6.07, 6.45) is 16.9. The average Bonchev–Trinajstić information content (AvgIpc) is 3.93. The van der Waals surface area contributed by atoms with Crippen molar-refractivity contribution in [1.29, 1.82) is 0 Å². The second-order valence-electron chi connectivity index (χ2n) is 10.5. The maximum absolute atomic E-state index is 10.9. The van der Waals surface area contributed by atoms with Gasteiger partial charge in [0, 0.05) is 74.5 Å². The summed E-state index contributed by atoms with van der Waals surface area (Å²) >= 11 is 0. The van der Waals surface area contributed by atoms with Gasteiger partial charge in [-0.05, 0) is 72.8 Å². The van der Waals surface area contributed by atoms with Gasteiger partial charge in [-0.25, -0.2) is 0 Å². The molecule has 0 radical (unpaired) electrons. The molecule has 8 rings (SSSR count). The minimum atomic E-state index is -0.160. The molecule has 8 aromatic rings. The third kappa shape index (κ3) is 12.2. The van der Waals surface area contributed by atoms with E-state index in [0.717, 1.165) is 33.9 Å². The van der Waals surface area contributed by atoms with E-state index in [2.05, 4.69) is 50.5 Å². The SMILES string of the molecule is CC(=O)n1cc(-c2cccnc2)nn1.CC(=O)n1cc(-c2cccnc2)nn1.[Ru+2].c1ccc(-c2ccccn2)nc1.c1ccc(-c2ccccn2)nc1. The number of nitrogens with zero attached hydrogens (tertiary/aromatic N) is 12. The Labute approximate surface area is 317 Å². The summed E-state index contributed by atoms with van der Waals surface area (Å²) in [7, 11) is 0. The molecule has 0 spiro atoms. The standard InChI is InChI=1S/2C10H8N2.2C9H8N4O.Ru/c2*1-3-7-11-9(5-1)10-6-2-4-8-12-10;2*1-7(14)13-6-9(11-12-13)8-3-2-4-10-5-8;/h2*1-8H;2*2-6H,1H3;/q;;;;+2. The van der Waals surface area contributed by atoms with Gasteiger partial charge in [-0.2, -0.15) is 9.36 Å². The Bertz CT molecular complexity index is 2000. The first kappa shape index (κ1) is 38.9. The monoisotopic (exact) mass is 790 g/mol. The Kier molecular flexibility index (Phi) is 15.2. The van der Waals surface area contributed by atoms with Gasteiger partial charge in [0.15, 0.2) is 0 Å². The second kappa shape index (κ2) is 20.7. The minimum Gasteiger partial charge on any atom is -0.273 e. The normalized spacial score (nSPS) is 9.70. The summed E-state index contributed by atoms with van der Waals surface area (Å²) in [6, 6.07) is 30.5. The van der Waals surface area contributed by atoms with E-state index in [-0.39, 0.29) is 31.3 Å². The summed E-state index contributed by atoms with van der Waals surface area (Å²) in [6.45, 7) is 2.86. The predicted octanol–water partition coefficient (Wildman–Crippen LogP) is 6.29. The third-order valence-electron chi connectivity index (χ3n) is 6.73. The maximum Gasteiger partial charge on any atom is 2.00 e. The molecule has 0 bridgehead atoms. The maximum atomic E-state index is 10.9. The van der Waals surface area contributed by atoms with Gasteiger partial charge in [0.25, 0.3) is 0 Å². The Morgan fingerprint density at radius 2 is 0.774 bits per heavy atom. The largest absolute Gasteiger partial charge is 2.00 e. The average molecular weight is 790 g/mol. The molecule has 8 aromatic heterocycles. The van der Waals surface area contributed by atoms with Gasteiger partial charge in [0.1, 0.15) is 11.4 Å². The van der Waals surface area contributed by atoms with Crippen LogP contribution < -0.4 is 0 Å². The molecular weight excluding hydrogens is 758 g/mol. The molecule has 0 N–H and O–H groups in total. The van der Waals surface area contributed by atoms with Crippen LogP contribution in [0.15, 0.2) is 159 Å². The van der Waals surface area contributed by atoms with Crippen LogP contribution in [0.5, 0.6) is 0 Å². The number of pyridine rings is 6. The fourth-order valence-electron chi connectivity index (χ4n) is 4.19. The number of aromatic nitrogens is 12.